The number of rotatable bonds is 2. The Kier molecular flexibility index (Phi) is 3.03. The number of hydrogen-bond donors (Lipinski definition) is 0. The van der Waals surface area contributed by atoms with Gasteiger partial charge in [-0.1, -0.05) is 20.8 Å². The average Bonchev–Trinajstić information content (AvgIpc) is 1.83. The molecule has 0 rings (SSSR count). The van der Waals surface area contributed by atoms with E-state index in [9.17, 15) is 9.59 Å². The second-order valence-corrected chi connectivity index (χ2v) is 3.40. The van der Waals surface area contributed by atoms with E-state index >= 15 is 0 Å². The molecule has 2 nitrogen and oxygen atoms in total. The van der Waals surface area contributed by atoms with Crippen molar-refractivity contribution < 1.29 is 9.59 Å². The lowest BCUT2D eigenvalue weighted by molar-refractivity contribution is -0.139. The van der Waals surface area contributed by atoms with Gasteiger partial charge in [-0.3, -0.25) is 9.59 Å². The molecular weight excluding hydrogens is 152 g/mol. The molecule has 0 saturated heterocycles. The first-order valence-electron chi connectivity index (χ1n) is 3.03. The first kappa shape index (κ1) is 9.63. The monoisotopic (exact) mass is 162 g/mol. The highest BCUT2D eigenvalue weighted by Gasteiger charge is 2.26. The maximum atomic E-state index is 11.0. The summed E-state index contributed by atoms with van der Waals surface area (Å²) < 4.78 is 0. The lowest BCUT2D eigenvalue weighted by Crippen LogP contribution is -2.29. The van der Waals surface area contributed by atoms with Crippen molar-refractivity contribution in [2.45, 2.75) is 20.8 Å². The van der Waals surface area contributed by atoms with E-state index in [0.717, 1.165) is 0 Å². The minimum atomic E-state index is -0.591. The molecule has 0 saturated carbocycles. The van der Waals surface area contributed by atoms with Gasteiger partial charge in [-0.05, 0) is 0 Å². The zero-order valence-corrected chi connectivity index (χ0v) is 7.16. The Morgan fingerprint density at radius 2 is 1.70 bits per heavy atom. The van der Waals surface area contributed by atoms with Gasteiger partial charge in [-0.25, -0.2) is 0 Å². The Hall–Kier alpha value is -0.370. The molecule has 0 aliphatic heterocycles. The van der Waals surface area contributed by atoms with Crippen molar-refractivity contribution in [3.05, 3.63) is 0 Å². The molecule has 0 aromatic carbocycles. The molecule has 0 heterocycles. The Bertz CT molecular complexity index is 155. The molecule has 0 aliphatic rings. The third-order valence-corrected chi connectivity index (χ3v) is 1.30. The summed E-state index contributed by atoms with van der Waals surface area (Å²) >= 11 is 5.18. The summed E-state index contributed by atoms with van der Waals surface area (Å²) in [5.41, 5.74) is -0.591. The summed E-state index contributed by atoms with van der Waals surface area (Å²) in [6.45, 7) is 5.08. The van der Waals surface area contributed by atoms with Crippen LogP contribution in [-0.2, 0) is 9.59 Å². The fraction of sp³-hybridized carbons (Fsp3) is 0.714. The summed E-state index contributed by atoms with van der Waals surface area (Å²) in [6.07, 6.45) is 0. The van der Waals surface area contributed by atoms with Crippen molar-refractivity contribution >= 4 is 23.2 Å². The van der Waals surface area contributed by atoms with Crippen molar-refractivity contribution in [1.29, 1.82) is 0 Å². The van der Waals surface area contributed by atoms with Crippen LogP contribution in [0.25, 0.3) is 0 Å². The number of ketones is 2. The zero-order chi connectivity index (χ0) is 8.36. The summed E-state index contributed by atoms with van der Waals surface area (Å²) in [6, 6.07) is 0. The van der Waals surface area contributed by atoms with Crippen molar-refractivity contribution in [1.82, 2.24) is 0 Å². The number of halogens is 1. The second kappa shape index (κ2) is 3.15. The molecule has 10 heavy (non-hydrogen) atoms. The summed E-state index contributed by atoms with van der Waals surface area (Å²) in [4.78, 5) is 21.6. The average molecular weight is 163 g/mol. The summed E-state index contributed by atoms with van der Waals surface area (Å²) in [5.74, 6) is -1.12. The molecule has 0 N–H and O–H groups in total. The SMILES string of the molecule is CC(C)(C)C(=O)C(=O)CCl. The van der Waals surface area contributed by atoms with E-state index in [4.69, 9.17) is 11.6 Å². The molecule has 0 amide bonds. The molecule has 0 aromatic rings. The topological polar surface area (TPSA) is 34.1 Å². The normalized spacial score (nSPS) is 11.2. The Labute approximate surface area is 65.6 Å². The summed E-state index contributed by atoms with van der Waals surface area (Å²) in [7, 11) is 0. The van der Waals surface area contributed by atoms with Gasteiger partial charge in [-0.15, -0.1) is 11.6 Å². The van der Waals surface area contributed by atoms with E-state index in [-0.39, 0.29) is 5.88 Å². The fourth-order valence-corrected chi connectivity index (χ4v) is 0.600. The minimum absolute atomic E-state index is 0.212. The number of carbonyl (C=O) groups excluding carboxylic acids is 2. The molecule has 58 valence electrons. The lowest BCUT2D eigenvalue weighted by Gasteiger charge is -2.13. The van der Waals surface area contributed by atoms with Crippen LogP contribution in [0.5, 0.6) is 0 Å². The first-order chi connectivity index (χ1) is 4.39. The largest absolute Gasteiger partial charge is 0.290 e. The second-order valence-electron chi connectivity index (χ2n) is 3.14. The molecule has 0 bridgehead atoms. The molecular formula is C7H11ClO2. The molecule has 0 fully saturated rings. The van der Waals surface area contributed by atoms with Crippen LogP contribution < -0.4 is 0 Å². The van der Waals surface area contributed by atoms with Crippen LogP contribution in [0.15, 0.2) is 0 Å². The standard InChI is InChI=1S/C7H11ClO2/c1-7(2,3)6(10)5(9)4-8/h4H2,1-3H3. The smallest absolute Gasteiger partial charge is 0.213 e. The molecule has 0 aliphatic carbocycles. The molecule has 0 spiro atoms. The van der Waals surface area contributed by atoms with Gasteiger partial charge in [0.1, 0.15) is 0 Å². The van der Waals surface area contributed by atoms with E-state index in [1.807, 2.05) is 0 Å². The highest BCUT2D eigenvalue weighted by molar-refractivity contribution is 6.48. The van der Waals surface area contributed by atoms with Gasteiger partial charge in [0, 0.05) is 5.41 Å². The van der Waals surface area contributed by atoms with Crippen molar-refractivity contribution in [3.8, 4) is 0 Å². The first-order valence-corrected chi connectivity index (χ1v) is 3.56. The highest BCUT2D eigenvalue weighted by Crippen LogP contribution is 2.14. The van der Waals surface area contributed by atoms with Gasteiger partial charge in [0.2, 0.25) is 11.6 Å². The molecule has 0 atom stereocenters. The predicted octanol–water partition coefficient (Wildman–Crippen LogP) is 1.41. The quantitative estimate of drug-likeness (QED) is 0.455. The molecule has 0 radical (unpaired) electrons. The third kappa shape index (κ3) is 2.48. The molecule has 3 heteroatoms. The van der Waals surface area contributed by atoms with Crippen molar-refractivity contribution in [3.63, 3.8) is 0 Å². The van der Waals surface area contributed by atoms with Gasteiger partial charge in [-0.2, -0.15) is 0 Å². The minimum Gasteiger partial charge on any atom is -0.290 e. The maximum absolute atomic E-state index is 11.0. The van der Waals surface area contributed by atoms with Gasteiger partial charge in [0.25, 0.3) is 0 Å². The van der Waals surface area contributed by atoms with Crippen molar-refractivity contribution in [2.75, 3.05) is 5.88 Å². The number of hydrogen-bond acceptors (Lipinski definition) is 2. The van der Waals surface area contributed by atoms with Crippen LogP contribution in [-0.4, -0.2) is 17.4 Å². The van der Waals surface area contributed by atoms with Gasteiger partial charge in [0.15, 0.2) is 0 Å². The van der Waals surface area contributed by atoms with Gasteiger partial charge < -0.3 is 0 Å². The number of alkyl halides is 1. The van der Waals surface area contributed by atoms with E-state index in [2.05, 4.69) is 0 Å². The van der Waals surface area contributed by atoms with Crippen LogP contribution in [0.3, 0.4) is 0 Å². The Morgan fingerprint density at radius 1 is 1.30 bits per heavy atom. The lowest BCUT2D eigenvalue weighted by atomic mass is 9.89. The van der Waals surface area contributed by atoms with E-state index in [1.165, 1.54) is 0 Å². The third-order valence-electron chi connectivity index (χ3n) is 1.06. The van der Waals surface area contributed by atoms with Crippen LogP contribution in [0.1, 0.15) is 20.8 Å². The van der Waals surface area contributed by atoms with E-state index in [0.29, 0.717) is 0 Å². The van der Waals surface area contributed by atoms with Crippen LogP contribution in [0.2, 0.25) is 0 Å². The van der Waals surface area contributed by atoms with Crippen LogP contribution >= 0.6 is 11.6 Å². The van der Waals surface area contributed by atoms with E-state index in [1.54, 1.807) is 20.8 Å². The number of Topliss-reactive ketones (excluding diaryl/α,β-unsaturated/α-hetero) is 2. The molecule has 0 unspecified atom stereocenters. The molecule has 0 aromatic heterocycles. The maximum Gasteiger partial charge on any atom is 0.213 e. The zero-order valence-electron chi connectivity index (χ0n) is 6.40. The Morgan fingerprint density at radius 3 is 1.80 bits per heavy atom. The Balaban J connectivity index is 4.24. The van der Waals surface area contributed by atoms with Crippen molar-refractivity contribution in [2.24, 2.45) is 5.41 Å². The van der Waals surface area contributed by atoms with Crippen LogP contribution in [0.4, 0.5) is 0 Å². The highest BCUT2D eigenvalue weighted by atomic mass is 35.5. The van der Waals surface area contributed by atoms with Gasteiger partial charge >= 0.3 is 0 Å². The van der Waals surface area contributed by atoms with Gasteiger partial charge in [0.05, 0.1) is 5.88 Å². The van der Waals surface area contributed by atoms with Crippen LogP contribution in [0, 0.1) is 5.41 Å². The summed E-state index contributed by atoms with van der Waals surface area (Å²) in [5, 5.41) is 0. The predicted molar refractivity (Wildman–Crippen MR) is 40.2 cm³/mol. The fourth-order valence-electron chi connectivity index (χ4n) is 0.479. The van der Waals surface area contributed by atoms with E-state index < -0.39 is 17.0 Å². The number of carbonyl (C=O) groups is 2.